The molecular formula is C11H19N3O2. The summed E-state index contributed by atoms with van der Waals surface area (Å²) in [6, 6.07) is 0. The van der Waals surface area contributed by atoms with Gasteiger partial charge in [-0.2, -0.15) is 0 Å². The van der Waals surface area contributed by atoms with Crippen molar-refractivity contribution in [1.29, 1.82) is 0 Å². The van der Waals surface area contributed by atoms with Gasteiger partial charge in [0.25, 0.3) is 5.91 Å². The summed E-state index contributed by atoms with van der Waals surface area (Å²) in [6.45, 7) is 4.36. The minimum atomic E-state index is -0.340. The minimum Gasteiger partial charge on any atom is -0.393 e. The molecule has 0 radical (unpaired) electrons. The lowest BCUT2D eigenvalue weighted by molar-refractivity contribution is 0.0937. The van der Waals surface area contributed by atoms with E-state index in [0.717, 1.165) is 12.2 Å². The van der Waals surface area contributed by atoms with Crippen LogP contribution in [0.25, 0.3) is 0 Å². The van der Waals surface area contributed by atoms with Crippen LogP contribution < -0.4 is 5.32 Å². The first-order valence-electron chi connectivity index (χ1n) is 5.67. The maximum absolute atomic E-state index is 11.6. The molecule has 1 aromatic heterocycles. The van der Waals surface area contributed by atoms with Crippen LogP contribution in [0.2, 0.25) is 0 Å². The second-order valence-corrected chi connectivity index (χ2v) is 3.70. The number of aliphatic hydroxyl groups excluding tert-OH is 1. The molecule has 0 bridgehead atoms. The molecule has 0 saturated carbocycles. The zero-order chi connectivity index (χ0) is 12.0. The van der Waals surface area contributed by atoms with Crippen molar-refractivity contribution in [3.63, 3.8) is 0 Å². The first-order chi connectivity index (χ1) is 7.67. The number of aromatic nitrogens is 2. The predicted octanol–water partition coefficient (Wildman–Crippen LogP) is 0.863. The van der Waals surface area contributed by atoms with E-state index in [-0.39, 0.29) is 12.0 Å². The van der Waals surface area contributed by atoms with Crippen molar-refractivity contribution in [2.45, 2.75) is 39.2 Å². The number of aliphatic hydroxyl groups is 1. The number of H-pyrrole nitrogens is 1. The van der Waals surface area contributed by atoms with Crippen LogP contribution in [-0.2, 0) is 6.42 Å². The van der Waals surface area contributed by atoms with Gasteiger partial charge < -0.3 is 15.4 Å². The smallest absolute Gasteiger partial charge is 0.269 e. The van der Waals surface area contributed by atoms with Crippen molar-refractivity contribution in [3.8, 4) is 0 Å². The molecule has 5 nitrogen and oxygen atoms in total. The number of rotatable bonds is 6. The van der Waals surface area contributed by atoms with E-state index >= 15 is 0 Å². The molecule has 0 saturated heterocycles. The third-order valence-corrected chi connectivity index (χ3v) is 2.44. The Kier molecular flexibility index (Phi) is 4.98. The fraction of sp³-hybridized carbons (Fsp3) is 0.636. The van der Waals surface area contributed by atoms with Gasteiger partial charge in [0.15, 0.2) is 0 Å². The Morgan fingerprint density at radius 2 is 2.38 bits per heavy atom. The number of amides is 1. The Bertz CT molecular complexity index is 336. The third kappa shape index (κ3) is 3.66. The summed E-state index contributed by atoms with van der Waals surface area (Å²) in [5.41, 5.74) is 0.475. The van der Waals surface area contributed by atoms with E-state index in [1.54, 1.807) is 0 Å². The van der Waals surface area contributed by atoms with Crippen LogP contribution in [0.15, 0.2) is 6.20 Å². The van der Waals surface area contributed by atoms with Crippen LogP contribution in [-0.4, -0.2) is 33.6 Å². The molecule has 1 heterocycles. The molecular weight excluding hydrogens is 206 g/mol. The molecule has 3 N–H and O–H groups in total. The van der Waals surface area contributed by atoms with Gasteiger partial charge in [0.2, 0.25) is 0 Å². The quantitative estimate of drug-likeness (QED) is 0.672. The monoisotopic (exact) mass is 225 g/mol. The molecule has 0 aliphatic carbocycles. The summed E-state index contributed by atoms with van der Waals surface area (Å²) >= 11 is 0. The molecule has 1 unspecified atom stereocenters. The molecule has 1 aromatic rings. The summed E-state index contributed by atoms with van der Waals surface area (Å²) < 4.78 is 0. The lowest BCUT2D eigenvalue weighted by atomic mass is 10.2. The number of carbonyl (C=O) groups is 1. The number of carbonyl (C=O) groups excluding carboxylic acids is 1. The van der Waals surface area contributed by atoms with Crippen LogP contribution >= 0.6 is 0 Å². The average molecular weight is 225 g/mol. The molecule has 0 aliphatic rings. The fourth-order valence-electron chi connectivity index (χ4n) is 1.31. The summed E-state index contributed by atoms with van der Waals surface area (Å²) in [6.07, 6.45) is 3.26. The second-order valence-electron chi connectivity index (χ2n) is 3.70. The van der Waals surface area contributed by atoms with E-state index in [1.165, 1.54) is 6.20 Å². The van der Waals surface area contributed by atoms with Gasteiger partial charge in [-0.15, -0.1) is 0 Å². The summed E-state index contributed by atoms with van der Waals surface area (Å²) in [5.74, 6) is 0.634. The van der Waals surface area contributed by atoms with E-state index in [0.29, 0.717) is 25.1 Å². The number of imidazole rings is 1. The Balaban J connectivity index is 2.35. The zero-order valence-electron chi connectivity index (χ0n) is 9.79. The first kappa shape index (κ1) is 12.7. The fourth-order valence-corrected chi connectivity index (χ4v) is 1.31. The van der Waals surface area contributed by atoms with E-state index < -0.39 is 0 Å². The highest BCUT2D eigenvalue weighted by molar-refractivity contribution is 5.92. The Hall–Kier alpha value is -1.36. The second kappa shape index (κ2) is 6.27. The van der Waals surface area contributed by atoms with Gasteiger partial charge in [0, 0.05) is 13.0 Å². The molecule has 0 aliphatic heterocycles. The van der Waals surface area contributed by atoms with Crippen LogP contribution in [0.1, 0.15) is 43.0 Å². The highest BCUT2D eigenvalue weighted by atomic mass is 16.3. The highest BCUT2D eigenvalue weighted by Crippen LogP contribution is 1.99. The molecule has 5 heteroatoms. The molecule has 90 valence electrons. The van der Waals surface area contributed by atoms with E-state index in [2.05, 4.69) is 15.3 Å². The van der Waals surface area contributed by atoms with Gasteiger partial charge in [-0.3, -0.25) is 4.79 Å². The summed E-state index contributed by atoms with van der Waals surface area (Å²) in [4.78, 5) is 18.6. The lowest BCUT2D eigenvalue weighted by Gasteiger charge is -2.07. The van der Waals surface area contributed by atoms with Gasteiger partial charge in [-0.1, -0.05) is 13.8 Å². The number of aromatic amines is 1. The van der Waals surface area contributed by atoms with E-state index in [9.17, 15) is 9.90 Å². The largest absolute Gasteiger partial charge is 0.393 e. The van der Waals surface area contributed by atoms with Crippen molar-refractivity contribution < 1.29 is 9.90 Å². The maximum Gasteiger partial charge on any atom is 0.269 e. The zero-order valence-corrected chi connectivity index (χ0v) is 9.79. The molecule has 0 spiro atoms. The van der Waals surface area contributed by atoms with E-state index in [1.807, 2.05) is 13.8 Å². The lowest BCUT2D eigenvalue weighted by Crippen LogP contribution is -2.27. The van der Waals surface area contributed by atoms with Crippen LogP contribution in [0.4, 0.5) is 0 Å². The van der Waals surface area contributed by atoms with Crippen LogP contribution in [0.3, 0.4) is 0 Å². The minimum absolute atomic E-state index is 0.171. The van der Waals surface area contributed by atoms with Crippen molar-refractivity contribution in [2.75, 3.05) is 6.54 Å². The molecule has 1 amide bonds. The molecule has 16 heavy (non-hydrogen) atoms. The summed E-state index contributed by atoms with van der Waals surface area (Å²) in [5, 5.41) is 12.0. The molecule has 1 atom stereocenters. The average Bonchev–Trinajstić information content (AvgIpc) is 2.77. The van der Waals surface area contributed by atoms with E-state index in [4.69, 9.17) is 0 Å². The number of hydrogen-bond donors (Lipinski definition) is 3. The Morgan fingerprint density at radius 3 is 2.94 bits per heavy atom. The Labute approximate surface area is 95.3 Å². The van der Waals surface area contributed by atoms with Gasteiger partial charge >= 0.3 is 0 Å². The number of nitrogens with one attached hydrogen (secondary N) is 2. The number of aryl methyl sites for hydroxylation is 1. The predicted molar refractivity (Wildman–Crippen MR) is 61.2 cm³/mol. The third-order valence-electron chi connectivity index (χ3n) is 2.44. The maximum atomic E-state index is 11.6. The standard InChI is InChI=1S/C11H19N3O2/c1-3-8(15)5-6-12-11(16)9-7-13-10(4-2)14-9/h7-8,15H,3-6H2,1-2H3,(H,12,16)(H,13,14). The van der Waals surface area contributed by atoms with Crippen LogP contribution in [0.5, 0.6) is 0 Å². The normalized spacial score (nSPS) is 12.4. The van der Waals surface area contributed by atoms with Gasteiger partial charge in [-0.05, 0) is 12.8 Å². The Morgan fingerprint density at radius 1 is 1.62 bits per heavy atom. The van der Waals surface area contributed by atoms with Crippen molar-refractivity contribution >= 4 is 5.91 Å². The molecule has 0 fully saturated rings. The SMILES string of the molecule is CCc1ncc(C(=O)NCCC(O)CC)[nH]1. The topological polar surface area (TPSA) is 78.0 Å². The van der Waals surface area contributed by atoms with Gasteiger partial charge in [-0.25, -0.2) is 4.98 Å². The molecule has 1 rings (SSSR count). The van der Waals surface area contributed by atoms with Gasteiger partial charge in [0.1, 0.15) is 11.5 Å². The number of hydrogen-bond acceptors (Lipinski definition) is 3. The number of nitrogens with zero attached hydrogens (tertiary/aromatic N) is 1. The highest BCUT2D eigenvalue weighted by Gasteiger charge is 2.08. The van der Waals surface area contributed by atoms with Crippen molar-refractivity contribution in [1.82, 2.24) is 15.3 Å². The van der Waals surface area contributed by atoms with Crippen molar-refractivity contribution in [2.24, 2.45) is 0 Å². The van der Waals surface area contributed by atoms with Gasteiger partial charge in [0.05, 0.1) is 12.3 Å². The first-order valence-corrected chi connectivity index (χ1v) is 5.67. The van der Waals surface area contributed by atoms with Crippen molar-refractivity contribution in [3.05, 3.63) is 17.7 Å². The molecule has 0 aromatic carbocycles. The van der Waals surface area contributed by atoms with Crippen LogP contribution in [0, 0.1) is 0 Å². The summed E-state index contributed by atoms with van der Waals surface area (Å²) in [7, 11) is 0.